The van der Waals surface area contributed by atoms with Crippen molar-refractivity contribution in [3.05, 3.63) is 200 Å². The van der Waals surface area contributed by atoms with Gasteiger partial charge in [-0.3, -0.25) is 4.98 Å². The van der Waals surface area contributed by atoms with Crippen molar-refractivity contribution < 1.29 is 0 Å². The molecule has 54 heavy (non-hydrogen) atoms. The molecular formula is C51H33N3. The molecule has 0 aliphatic carbocycles. The summed E-state index contributed by atoms with van der Waals surface area (Å²) in [5, 5.41) is 7.45. The first-order valence-corrected chi connectivity index (χ1v) is 18.2. The van der Waals surface area contributed by atoms with Crippen molar-refractivity contribution in [3.63, 3.8) is 0 Å². The summed E-state index contributed by atoms with van der Waals surface area (Å²) in [5.74, 6) is 0.685. The lowest BCUT2D eigenvalue weighted by molar-refractivity contribution is 1.18. The van der Waals surface area contributed by atoms with Gasteiger partial charge in [0, 0.05) is 29.1 Å². The number of fused-ring (bicyclic) bond motifs is 4. The van der Waals surface area contributed by atoms with Gasteiger partial charge < -0.3 is 0 Å². The highest BCUT2D eigenvalue weighted by Gasteiger charge is 2.14. The van der Waals surface area contributed by atoms with Crippen LogP contribution >= 0.6 is 0 Å². The molecule has 0 spiro atoms. The fraction of sp³-hybridized carbons (Fsp3) is 0. The van der Waals surface area contributed by atoms with Crippen molar-refractivity contribution in [1.82, 2.24) is 15.0 Å². The molecule has 0 fully saturated rings. The zero-order chi connectivity index (χ0) is 35.8. The van der Waals surface area contributed by atoms with Crippen LogP contribution in [-0.2, 0) is 0 Å². The molecule has 3 nitrogen and oxygen atoms in total. The number of aromatic nitrogens is 3. The summed E-state index contributed by atoms with van der Waals surface area (Å²) in [4.78, 5) is 14.7. The molecule has 0 aliphatic rings. The van der Waals surface area contributed by atoms with Crippen LogP contribution in [0.2, 0.25) is 0 Å². The molecule has 10 aromatic rings. The van der Waals surface area contributed by atoms with E-state index in [1.165, 1.54) is 43.4 Å². The number of pyridine rings is 1. The summed E-state index contributed by atoms with van der Waals surface area (Å²) in [6.45, 7) is 0. The summed E-state index contributed by atoms with van der Waals surface area (Å²) < 4.78 is 0. The average molecular weight is 688 g/mol. The molecule has 3 heteroatoms. The second-order valence-electron chi connectivity index (χ2n) is 13.7. The summed E-state index contributed by atoms with van der Waals surface area (Å²) in [6.07, 6.45) is 3.69. The van der Waals surface area contributed by atoms with Crippen LogP contribution in [0.4, 0.5) is 0 Å². The fourth-order valence-corrected chi connectivity index (χ4v) is 7.65. The van der Waals surface area contributed by atoms with Crippen molar-refractivity contribution in [1.29, 1.82) is 0 Å². The maximum absolute atomic E-state index is 5.24. The maximum Gasteiger partial charge on any atom is 0.160 e. The predicted octanol–water partition coefficient (Wildman–Crippen LogP) is 13.3. The Kier molecular flexibility index (Phi) is 7.81. The topological polar surface area (TPSA) is 38.7 Å². The Bertz CT molecular complexity index is 2960. The van der Waals surface area contributed by atoms with E-state index in [4.69, 9.17) is 9.97 Å². The van der Waals surface area contributed by atoms with Gasteiger partial charge in [0.25, 0.3) is 0 Å². The zero-order valence-electron chi connectivity index (χ0n) is 29.4. The smallest absolute Gasteiger partial charge is 0.160 e. The van der Waals surface area contributed by atoms with E-state index >= 15 is 0 Å². The van der Waals surface area contributed by atoms with E-state index in [9.17, 15) is 0 Å². The van der Waals surface area contributed by atoms with Crippen LogP contribution in [-0.4, -0.2) is 15.0 Å². The number of nitrogens with zero attached hydrogens (tertiary/aromatic N) is 3. The van der Waals surface area contributed by atoms with E-state index in [1.807, 2.05) is 12.3 Å². The molecule has 2 aromatic heterocycles. The van der Waals surface area contributed by atoms with Crippen LogP contribution in [0.3, 0.4) is 0 Å². The largest absolute Gasteiger partial charge is 0.264 e. The highest BCUT2D eigenvalue weighted by Crippen LogP contribution is 2.37. The molecule has 8 aromatic carbocycles. The molecule has 0 saturated heterocycles. The Hall–Kier alpha value is -7.23. The minimum Gasteiger partial charge on any atom is -0.264 e. The lowest BCUT2D eigenvalue weighted by Gasteiger charge is -2.13. The molecule has 0 aliphatic heterocycles. The Balaban J connectivity index is 1.10. The Morgan fingerprint density at radius 1 is 0.296 bits per heavy atom. The molecule has 0 radical (unpaired) electrons. The Labute approximate surface area is 313 Å². The van der Waals surface area contributed by atoms with Gasteiger partial charge in [-0.15, -0.1) is 0 Å². The van der Waals surface area contributed by atoms with E-state index in [2.05, 4.69) is 187 Å². The second-order valence-corrected chi connectivity index (χ2v) is 13.7. The van der Waals surface area contributed by atoms with Gasteiger partial charge in [-0.1, -0.05) is 164 Å². The van der Waals surface area contributed by atoms with E-state index in [1.54, 1.807) is 6.20 Å². The summed E-state index contributed by atoms with van der Waals surface area (Å²) in [5.41, 5.74) is 11.7. The van der Waals surface area contributed by atoms with Crippen LogP contribution in [0.1, 0.15) is 0 Å². The van der Waals surface area contributed by atoms with Crippen LogP contribution < -0.4 is 0 Å². The van der Waals surface area contributed by atoms with Crippen LogP contribution in [0.25, 0.3) is 99.6 Å². The lowest BCUT2D eigenvalue weighted by atomic mass is 9.92. The van der Waals surface area contributed by atoms with E-state index in [-0.39, 0.29) is 0 Å². The third-order valence-electron chi connectivity index (χ3n) is 10.4. The van der Waals surface area contributed by atoms with E-state index < -0.39 is 0 Å². The zero-order valence-corrected chi connectivity index (χ0v) is 29.4. The summed E-state index contributed by atoms with van der Waals surface area (Å²) >= 11 is 0. The minimum absolute atomic E-state index is 0.685. The van der Waals surface area contributed by atoms with Crippen LogP contribution in [0, 0.1) is 0 Å². The number of hydrogen-bond donors (Lipinski definition) is 0. The molecule has 10 rings (SSSR count). The van der Waals surface area contributed by atoms with Gasteiger partial charge >= 0.3 is 0 Å². The minimum atomic E-state index is 0.685. The lowest BCUT2D eigenvalue weighted by Crippen LogP contribution is -1.96. The van der Waals surface area contributed by atoms with Gasteiger partial charge in [-0.25, -0.2) is 9.97 Å². The molecular weight excluding hydrogens is 655 g/mol. The van der Waals surface area contributed by atoms with Gasteiger partial charge in [0.1, 0.15) is 0 Å². The monoisotopic (exact) mass is 687 g/mol. The highest BCUT2D eigenvalue weighted by atomic mass is 14.9. The van der Waals surface area contributed by atoms with Crippen molar-refractivity contribution in [2.45, 2.75) is 0 Å². The second kappa shape index (κ2) is 13.4. The first kappa shape index (κ1) is 31.5. The SMILES string of the molecule is c1cncc(-c2ccc(-c3cc(-c4cccc(-c5cc6ccccc6c6ccccc56)c4)nc(-c4ccc(-c5cccc6ccccc56)cc4)n3)cc2)c1. The standard InChI is InChI=1S/C51H33N3/c1-3-16-43-35(10-1)12-8-20-44(43)36-23-27-38(28-24-36)51-53-49(37-25-21-34(22-26-37)42-15-9-29-52-33-42)32-50(54-51)41-14-7-13-39(30-41)48-31-40-11-2-4-17-45(40)46-18-5-6-19-47(46)48/h1-33H. The predicted molar refractivity (Wildman–Crippen MR) is 225 cm³/mol. The quantitative estimate of drug-likeness (QED) is 0.163. The normalized spacial score (nSPS) is 11.3. The van der Waals surface area contributed by atoms with Gasteiger partial charge in [-0.05, 0) is 90.0 Å². The van der Waals surface area contributed by atoms with E-state index in [0.717, 1.165) is 50.3 Å². The molecule has 0 bridgehead atoms. The molecule has 0 N–H and O–H groups in total. The van der Waals surface area contributed by atoms with Crippen molar-refractivity contribution in [3.8, 4) is 67.3 Å². The third kappa shape index (κ3) is 5.78. The van der Waals surface area contributed by atoms with Gasteiger partial charge in [0.05, 0.1) is 11.4 Å². The first-order valence-electron chi connectivity index (χ1n) is 18.2. The first-order chi connectivity index (χ1) is 26.7. The molecule has 0 saturated carbocycles. The van der Waals surface area contributed by atoms with Crippen molar-refractivity contribution in [2.24, 2.45) is 0 Å². The average Bonchev–Trinajstić information content (AvgIpc) is 3.26. The molecule has 252 valence electrons. The van der Waals surface area contributed by atoms with E-state index in [0.29, 0.717) is 5.82 Å². The Morgan fingerprint density at radius 3 is 1.69 bits per heavy atom. The molecule has 0 unspecified atom stereocenters. The number of hydrogen-bond acceptors (Lipinski definition) is 3. The molecule has 0 amide bonds. The third-order valence-corrected chi connectivity index (χ3v) is 10.4. The number of rotatable bonds is 6. The van der Waals surface area contributed by atoms with Crippen LogP contribution in [0.15, 0.2) is 200 Å². The molecule has 0 atom stereocenters. The van der Waals surface area contributed by atoms with Crippen molar-refractivity contribution >= 4 is 32.3 Å². The summed E-state index contributed by atoms with van der Waals surface area (Å²) in [6, 6.07) is 66.8. The summed E-state index contributed by atoms with van der Waals surface area (Å²) in [7, 11) is 0. The van der Waals surface area contributed by atoms with Gasteiger partial charge in [-0.2, -0.15) is 0 Å². The Morgan fingerprint density at radius 2 is 0.889 bits per heavy atom. The highest BCUT2D eigenvalue weighted by molar-refractivity contribution is 6.13. The van der Waals surface area contributed by atoms with Gasteiger partial charge in [0.15, 0.2) is 5.82 Å². The molecule has 2 heterocycles. The van der Waals surface area contributed by atoms with Gasteiger partial charge in [0.2, 0.25) is 0 Å². The van der Waals surface area contributed by atoms with Crippen LogP contribution in [0.5, 0.6) is 0 Å². The van der Waals surface area contributed by atoms with Crippen molar-refractivity contribution in [2.75, 3.05) is 0 Å². The maximum atomic E-state index is 5.24. The fourth-order valence-electron chi connectivity index (χ4n) is 7.65. The number of benzene rings is 8.